The highest BCUT2D eigenvalue weighted by Gasteiger charge is 2.75. The highest BCUT2D eigenvalue weighted by Crippen LogP contribution is 2.69. The lowest BCUT2D eigenvalue weighted by atomic mass is 9.44. The number of esters is 2. The van der Waals surface area contributed by atoms with Gasteiger partial charge in [-0.2, -0.15) is 0 Å². The van der Waals surface area contributed by atoms with Crippen molar-refractivity contribution < 1.29 is 121 Å². The molecule has 9 rings (SSSR count). The monoisotopic (exact) mass is 1200 g/mol. The zero-order valence-corrected chi connectivity index (χ0v) is 50.8. The number of rotatable bonds is 18. The minimum absolute atomic E-state index is 0.0992. The molecule has 0 radical (unpaired) electrons. The summed E-state index contributed by atoms with van der Waals surface area (Å²) in [6.45, 7) is 14.7. The summed E-state index contributed by atoms with van der Waals surface area (Å²) in [7, 11) is 6.12. The Kier molecular flexibility index (Phi) is 20.9. The van der Waals surface area contributed by atoms with E-state index in [1.165, 1.54) is 35.0 Å². The van der Waals surface area contributed by atoms with Gasteiger partial charge in [0.2, 0.25) is 0 Å². The fourth-order valence-corrected chi connectivity index (χ4v) is 16.2. The van der Waals surface area contributed by atoms with E-state index in [2.05, 4.69) is 13.0 Å². The van der Waals surface area contributed by atoms with Crippen molar-refractivity contribution in [3.05, 3.63) is 11.6 Å². The minimum atomic E-state index is -1.68. The number of fused-ring (bicyclic) bond motifs is 5. The molecule has 31 unspecified atom stereocenters. The molecule has 0 aromatic heterocycles. The maximum absolute atomic E-state index is 13.2. The number of aliphatic hydroxyl groups is 6. The number of carbonyl (C=O) groups excluding carboxylic acids is 3. The second kappa shape index (κ2) is 26.6. The van der Waals surface area contributed by atoms with Crippen molar-refractivity contribution in [2.45, 2.75) is 279 Å². The first-order chi connectivity index (χ1) is 39.8. The van der Waals surface area contributed by atoms with Gasteiger partial charge in [-0.05, 0) is 84.5 Å². The van der Waals surface area contributed by atoms with Crippen LogP contribution in [0, 0.1) is 28.6 Å². The highest BCUT2D eigenvalue weighted by atomic mass is 16.8. The second-order valence-electron chi connectivity index (χ2n) is 25.4. The molecule has 0 bridgehead atoms. The summed E-state index contributed by atoms with van der Waals surface area (Å²) in [6.07, 6.45) is -16.5. The summed E-state index contributed by atoms with van der Waals surface area (Å²) in [5, 5.41) is 65.4. The van der Waals surface area contributed by atoms with Gasteiger partial charge in [0.05, 0.1) is 61.0 Å². The van der Waals surface area contributed by atoms with Crippen LogP contribution in [0.5, 0.6) is 0 Å². The minimum Gasteiger partial charge on any atom is -0.458 e. The lowest BCUT2D eigenvalue weighted by molar-refractivity contribution is -0.374. The summed E-state index contributed by atoms with van der Waals surface area (Å²) in [5.41, 5.74) is -1.98. The van der Waals surface area contributed by atoms with Gasteiger partial charge in [0.15, 0.2) is 31.5 Å². The number of methoxy groups -OCH3 is 4. The first-order valence-electron chi connectivity index (χ1n) is 30.0. The molecule has 6 N–H and O–H groups in total. The molecule has 9 aliphatic rings. The molecule has 480 valence electrons. The average Bonchev–Trinajstić information content (AvgIpc) is 1.37. The molecule has 8 fully saturated rings. The van der Waals surface area contributed by atoms with E-state index in [0.717, 1.165) is 5.57 Å². The Balaban J connectivity index is 0.783. The standard InChI is InChI=1S/C59H94O25/c1-25(61)34-17-19-59(68)35-15-14-32-20-33(16-18-57(32,8)43(35)52(77-30(6)62)54(58(34,59)9)78-31(7)63)79-40-21-36(69-10)48(26(2)73-40)81-41-22-37(70-11)49(27(3)74-41)82-42-23-38(71-12)50(28(4)75-42)83-56-47(67)53(72-13)51(29(5)76-56)84-55-46(66)45(65)44(64)39(24-60)80-55/h14,26-29,33-56,60,64-68H,15-24H2,1-13H3. The Bertz CT molecular complexity index is 2290. The van der Waals surface area contributed by atoms with Gasteiger partial charge < -0.3 is 106 Å². The molecular weight excluding hydrogens is 1110 g/mol. The van der Waals surface area contributed by atoms with E-state index in [1.807, 2.05) is 20.8 Å². The van der Waals surface area contributed by atoms with Crippen LogP contribution in [-0.2, 0) is 90.2 Å². The Morgan fingerprint density at radius 1 is 0.583 bits per heavy atom. The van der Waals surface area contributed by atoms with Crippen LogP contribution in [-0.4, -0.2) is 243 Å². The number of carbonyl (C=O) groups is 3. The number of aliphatic hydroxyl groups excluding tert-OH is 5. The third kappa shape index (κ3) is 12.3. The van der Waals surface area contributed by atoms with Gasteiger partial charge in [0.25, 0.3) is 0 Å². The Morgan fingerprint density at radius 3 is 1.61 bits per heavy atom. The lowest BCUT2D eigenvalue weighted by Gasteiger charge is -2.64. The Hall–Kier alpha value is -2.45. The van der Waals surface area contributed by atoms with Crippen molar-refractivity contribution in [2.75, 3.05) is 35.0 Å². The molecule has 5 aliphatic heterocycles. The molecule has 31 atom stereocenters. The maximum Gasteiger partial charge on any atom is 0.303 e. The molecule has 5 heterocycles. The SMILES string of the molecule is COC1CC(OC2CCC3(C)C(=CCC4C3C(OC(C)=O)C(OC(C)=O)C3(C)C(C(C)=O)CCC43O)C2)OC(C)C1OC1CC(OC)C(OC2CC(OC)C(OC3OC(C)C(OC4OC(CO)C(O)C(O)C4O)C(OC)C3O)C(C)O2)C(C)O1. The van der Waals surface area contributed by atoms with Gasteiger partial charge in [0.1, 0.15) is 79.0 Å². The first-order valence-corrected chi connectivity index (χ1v) is 30.0. The van der Waals surface area contributed by atoms with Crippen molar-refractivity contribution in [3.63, 3.8) is 0 Å². The van der Waals surface area contributed by atoms with Gasteiger partial charge in [-0.1, -0.05) is 25.5 Å². The third-order valence-corrected chi connectivity index (χ3v) is 20.6. The van der Waals surface area contributed by atoms with Crippen molar-refractivity contribution >= 4 is 17.7 Å². The Labute approximate surface area is 491 Å². The largest absolute Gasteiger partial charge is 0.458 e. The smallest absolute Gasteiger partial charge is 0.303 e. The molecule has 5 saturated heterocycles. The third-order valence-electron chi connectivity index (χ3n) is 20.6. The number of ketones is 1. The molecular formula is C59H94O25. The average molecular weight is 1200 g/mol. The van der Waals surface area contributed by atoms with Gasteiger partial charge >= 0.3 is 11.9 Å². The van der Waals surface area contributed by atoms with Crippen LogP contribution in [0.2, 0.25) is 0 Å². The summed E-state index contributed by atoms with van der Waals surface area (Å²) >= 11 is 0. The van der Waals surface area contributed by atoms with Crippen LogP contribution >= 0.6 is 0 Å². The van der Waals surface area contributed by atoms with Crippen LogP contribution in [0.15, 0.2) is 11.6 Å². The van der Waals surface area contributed by atoms with E-state index < -0.39 is 194 Å². The van der Waals surface area contributed by atoms with Crippen LogP contribution in [0.4, 0.5) is 0 Å². The Morgan fingerprint density at radius 2 is 1.10 bits per heavy atom. The summed E-state index contributed by atoms with van der Waals surface area (Å²) in [4.78, 5) is 39.0. The van der Waals surface area contributed by atoms with Crippen LogP contribution in [0.3, 0.4) is 0 Å². The van der Waals surface area contributed by atoms with Crippen molar-refractivity contribution in [3.8, 4) is 0 Å². The second-order valence-corrected chi connectivity index (χ2v) is 25.4. The van der Waals surface area contributed by atoms with Crippen molar-refractivity contribution in [1.29, 1.82) is 0 Å². The first kappa shape index (κ1) is 66.0. The molecule has 3 saturated carbocycles. The zero-order valence-electron chi connectivity index (χ0n) is 50.8. The van der Waals surface area contributed by atoms with E-state index in [1.54, 1.807) is 28.1 Å². The van der Waals surface area contributed by atoms with E-state index in [9.17, 15) is 45.0 Å². The molecule has 0 aromatic carbocycles. The number of ether oxygens (including phenoxy) is 16. The van der Waals surface area contributed by atoms with E-state index in [4.69, 9.17) is 75.8 Å². The number of hydrogen-bond donors (Lipinski definition) is 6. The van der Waals surface area contributed by atoms with Gasteiger partial charge in [-0.25, -0.2) is 0 Å². The molecule has 0 amide bonds. The number of Topliss-reactive ketones (excluding diaryl/α,β-unsaturated/α-hetero) is 1. The lowest BCUT2D eigenvalue weighted by Crippen LogP contribution is -2.72. The highest BCUT2D eigenvalue weighted by molar-refractivity contribution is 5.80. The molecule has 25 nitrogen and oxygen atoms in total. The topological polar surface area (TPSA) is 320 Å². The van der Waals surface area contributed by atoms with Crippen molar-refractivity contribution in [1.82, 2.24) is 0 Å². The fourth-order valence-electron chi connectivity index (χ4n) is 16.2. The summed E-state index contributed by atoms with van der Waals surface area (Å²) < 4.78 is 99.6. The fraction of sp³-hybridized carbons (Fsp3) is 0.915. The van der Waals surface area contributed by atoms with E-state index in [-0.39, 0.29) is 24.2 Å². The predicted octanol–water partition coefficient (Wildman–Crippen LogP) is 1.65. The normalized spacial score (nSPS) is 50.5. The van der Waals surface area contributed by atoms with Crippen molar-refractivity contribution in [2.24, 2.45) is 28.6 Å². The summed E-state index contributed by atoms with van der Waals surface area (Å²) in [5.74, 6) is -2.56. The van der Waals surface area contributed by atoms with Gasteiger partial charge in [0, 0.05) is 78.8 Å². The van der Waals surface area contributed by atoms with Crippen LogP contribution in [0.1, 0.15) is 120 Å². The maximum atomic E-state index is 13.2. The molecule has 25 heteroatoms. The quantitative estimate of drug-likeness (QED) is 0.0839. The number of hydrogen-bond acceptors (Lipinski definition) is 25. The van der Waals surface area contributed by atoms with E-state index in [0.29, 0.717) is 51.4 Å². The van der Waals surface area contributed by atoms with Gasteiger partial charge in [-0.15, -0.1) is 0 Å². The molecule has 4 aliphatic carbocycles. The number of allylic oxidation sites excluding steroid dienone is 1. The molecule has 0 spiro atoms. The summed E-state index contributed by atoms with van der Waals surface area (Å²) in [6, 6.07) is 0. The zero-order chi connectivity index (χ0) is 61.1. The van der Waals surface area contributed by atoms with E-state index >= 15 is 0 Å². The van der Waals surface area contributed by atoms with Crippen LogP contribution in [0.25, 0.3) is 0 Å². The van der Waals surface area contributed by atoms with Crippen LogP contribution < -0.4 is 0 Å². The predicted molar refractivity (Wildman–Crippen MR) is 288 cm³/mol. The molecule has 0 aromatic rings. The molecule has 84 heavy (non-hydrogen) atoms. The van der Waals surface area contributed by atoms with Gasteiger partial charge in [-0.3, -0.25) is 14.4 Å².